The fourth-order valence-electron chi connectivity index (χ4n) is 15.0. The van der Waals surface area contributed by atoms with Gasteiger partial charge in [-0.05, 0) is 184 Å². The zero-order chi connectivity index (χ0) is 43.9. The first-order valence-corrected chi connectivity index (χ1v) is 24.4. The van der Waals surface area contributed by atoms with Gasteiger partial charge in [0, 0.05) is 49.0 Å². The Bertz CT molecular complexity index is 4020. The van der Waals surface area contributed by atoms with Crippen LogP contribution in [0.5, 0.6) is 0 Å². The molecule has 5 atom stereocenters. The summed E-state index contributed by atoms with van der Waals surface area (Å²) in [6.45, 7) is 18.9. The molecule has 2 saturated carbocycles. The highest BCUT2D eigenvalue weighted by Crippen LogP contribution is 2.69. The van der Waals surface area contributed by atoms with Crippen LogP contribution in [0.25, 0.3) is 76.2 Å². The van der Waals surface area contributed by atoms with Crippen LogP contribution in [0.1, 0.15) is 145 Å². The second-order valence-electron chi connectivity index (χ2n) is 23.2. The van der Waals surface area contributed by atoms with E-state index in [1.54, 1.807) is 16.5 Å². The Balaban J connectivity index is 1.11. The fraction of sp³-hybridized carbons (Fsp3) is 0.306. The lowest BCUT2D eigenvalue weighted by Crippen LogP contribution is -2.39. The molecule has 3 heteroatoms. The molecular weight excluding hydrogens is 787 g/mol. The summed E-state index contributed by atoms with van der Waals surface area (Å²) in [5.74, 6) is 3.20. The molecule has 0 amide bonds. The standard InChI is InChI=1S/C62H53N3/c1-30-13-9-11-15-36(30)56-37-16-12-10-14-32(37)20-46-54(56)33(29-63)21-52-55(46)47-24-34(61(3,4)5)22-44-41-27-49-42(28-50(41)65(52)59(44)47)45-23-35(62(6,7)8)25-48-57-51(64(49)60(45)48)19-31(2)53-43-26-40-38(43)17-18-39(40)58(53)57/h9-16,19,21-25,27-28,38-40,43,56H,17-18,20,26H2,1-8H3. The highest BCUT2D eigenvalue weighted by atomic mass is 14.9. The summed E-state index contributed by atoms with van der Waals surface area (Å²) in [5, 5.41) is 22.2. The van der Waals surface area contributed by atoms with E-state index in [9.17, 15) is 5.26 Å². The van der Waals surface area contributed by atoms with Gasteiger partial charge in [-0.25, -0.2) is 0 Å². The van der Waals surface area contributed by atoms with E-state index in [1.807, 2.05) is 0 Å². The summed E-state index contributed by atoms with van der Waals surface area (Å²) in [7, 11) is 0. The van der Waals surface area contributed by atoms with Crippen molar-refractivity contribution < 1.29 is 0 Å². The van der Waals surface area contributed by atoms with E-state index in [-0.39, 0.29) is 16.7 Å². The van der Waals surface area contributed by atoms with Crippen molar-refractivity contribution in [2.24, 2.45) is 11.8 Å². The molecule has 0 radical (unpaired) electrons. The van der Waals surface area contributed by atoms with Crippen LogP contribution >= 0.6 is 0 Å². The number of nitriles is 1. The third-order valence-electron chi connectivity index (χ3n) is 17.9. The lowest BCUT2D eigenvalue weighted by molar-refractivity contribution is 0.135. The van der Waals surface area contributed by atoms with Crippen molar-refractivity contribution in [2.75, 3.05) is 0 Å². The summed E-state index contributed by atoms with van der Waals surface area (Å²) in [4.78, 5) is 0. The summed E-state index contributed by atoms with van der Waals surface area (Å²) >= 11 is 0. The van der Waals surface area contributed by atoms with Gasteiger partial charge >= 0.3 is 0 Å². The molecule has 15 rings (SSSR count). The van der Waals surface area contributed by atoms with Crippen LogP contribution in [0.3, 0.4) is 0 Å². The fourth-order valence-corrected chi connectivity index (χ4v) is 15.0. The van der Waals surface area contributed by atoms with Crippen molar-refractivity contribution in [3.8, 4) is 6.07 Å². The molecule has 2 fully saturated rings. The summed E-state index contributed by atoms with van der Waals surface area (Å²) in [5.41, 5.74) is 23.9. The molecule has 11 aromatic rings. The molecule has 65 heavy (non-hydrogen) atoms. The van der Waals surface area contributed by atoms with Crippen molar-refractivity contribution in [3.05, 3.63) is 164 Å². The molecule has 4 aromatic heterocycles. The van der Waals surface area contributed by atoms with E-state index < -0.39 is 0 Å². The SMILES string of the molecule is Cc1ccccc1C1c2ccccc2Cc2c1c(C#N)cc1c2c2cc(C(C)(C)C)cc3c4cc5c(cc4n1c32)c1cc(C(C)(C)C)cc2c3c4c(c(C)cc3n5c12)C1CC2C4CCC12. The number of aromatic nitrogens is 2. The van der Waals surface area contributed by atoms with Gasteiger partial charge in [0.15, 0.2) is 0 Å². The first kappa shape index (κ1) is 36.9. The molecule has 316 valence electrons. The van der Waals surface area contributed by atoms with Crippen molar-refractivity contribution in [1.82, 2.24) is 8.80 Å². The summed E-state index contributed by atoms with van der Waals surface area (Å²) in [6, 6.07) is 40.7. The second-order valence-corrected chi connectivity index (χ2v) is 23.2. The van der Waals surface area contributed by atoms with Gasteiger partial charge in [-0.1, -0.05) is 90.1 Å². The van der Waals surface area contributed by atoms with Gasteiger partial charge in [0.1, 0.15) is 0 Å². The van der Waals surface area contributed by atoms with Crippen LogP contribution in [0.2, 0.25) is 0 Å². The molecule has 7 aromatic carbocycles. The van der Waals surface area contributed by atoms with Gasteiger partial charge in [0.25, 0.3) is 0 Å². The van der Waals surface area contributed by atoms with E-state index >= 15 is 0 Å². The predicted octanol–water partition coefficient (Wildman–Crippen LogP) is 15.8. The largest absolute Gasteiger partial charge is 0.308 e. The average Bonchev–Trinajstić information content (AvgIpc) is 4.04. The summed E-state index contributed by atoms with van der Waals surface area (Å²) in [6.07, 6.45) is 4.95. The normalized spacial score (nSPS) is 21.4. The number of fused-ring (bicyclic) bond motifs is 19. The zero-order valence-corrected chi connectivity index (χ0v) is 38.8. The topological polar surface area (TPSA) is 32.6 Å². The Kier molecular flexibility index (Phi) is 6.65. The molecule has 0 N–H and O–H groups in total. The number of nitrogens with zero attached hydrogens (tertiary/aromatic N) is 3. The number of hydrogen-bond donors (Lipinski definition) is 0. The molecule has 4 aliphatic rings. The molecule has 0 spiro atoms. The molecule has 5 unspecified atom stereocenters. The van der Waals surface area contributed by atoms with Crippen LogP contribution in [0, 0.1) is 37.0 Å². The minimum atomic E-state index is -0.0690. The molecule has 4 heterocycles. The van der Waals surface area contributed by atoms with Gasteiger partial charge < -0.3 is 8.80 Å². The molecule has 0 aliphatic heterocycles. The zero-order valence-electron chi connectivity index (χ0n) is 38.8. The predicted molar refractivity (Wildman–Crippen MR) is 270 cm³/mol. The Hall–Kier alpha value is -6.37. The summed E-state index contributed by atoms with van der Waals surface area (Å²) < 4.78 is 5.25. The molecule has 0 saturated heterocycles. The van der Waals surface area contributed by atoms with Crippen LogP contribution < -0.4 is 0 Å². The lowest BCUT2D eigenvalue weighted by atomic mass is 9.54. The second kappa shape index (κ2) is 11.7. The number of aryl methyl sites for hydroxylation is 2. The lowest BCUT2D eigenvalue weighted by Gasteiger charge is -2.50. The maximum atomic E-state index is 11.3. The van der Waals surface area contributed by atoms with Crippen molar-refractivity contribution in [3.63, 3.8) is 0 Å². The van der Waals surface area contributed by atoms with Crippen molar-refractivity contribution >= 4 is 76.2 Å². The monoisotopic (exact) mass is 839 g/mol. The first-order valence-electron chi connectivity index (χ1n) is 24.4. The van der Waals surface area contributed by atoms with Gasteiger partial charge in [-0.15, -0.1) is 0 Å². The van der Waals surface area contributed by atoms with Crippen LogP contribution in [-0.2, 0) is 17.3 Å². The molecule has 4 bridgehead atoms. The first-order chi connectivity index (χ1) is 31.3. The van der Waals surface area contributed by atoms with Crippen molar-refractivity contribution in [1.29, 1.82) is 5.26 Å². The average molecular weight is 840 g/mol. The highest BCUT2D eigenvalue weighted by Gasteiger charge is 2.56. The number of rotatable bonds is 1. The van der Waals surface area contributed by atoms with Gasteiger partial charge in [0.2, 0.25) is 0 Å². The van der Waals surface area contributed by atoms with Gasteiger partial charge in [-0.3, -0.25) is 0 Å². The molecular formula is C62H53N3. The Morgan fingerprint density at radius 3 is 1.78 bits per heavy atom. The molecule has 3 nitrogen and oxygen atoms in total. The van der Waals surface area contributed by atoms with E-state index in [4.69, 9.17) is 0 Å². The van der Waals surface area contributed by atoms with E-state index in [0.29, 0.717) is 5.92 Å². The maximum absolute atomic E-state index is 11.3. The maximum Gasteiger partial charge on any atom is 0.0995 e. The van der Waals surface area contributed by atoms with Crippen LogP contribution in [0.4, 0.5) is 0 Å². The highest BCUT2D eigenvalue weighted by molar-refractivity contribution is 6.30. The number of hydrogen-bond acceptors (Lipinski definition) is 1. The third-order valence-corrected chi connectivity index (χ3v) is 17.9. The Morgan fingerprint density at radius 2 is 1.14 bits per heavy atom. The van der Waals surface area contributed by atoms with Crippen LogP contribution in [0.15, 0.2) is 97.1 Å². The minimum absolute atomic E-state index is 0.00606. The van der Waals surface area contributed by atoms with E-state index in [1.165, 1.54) is 135 Å². The Labute approximate surface area is 379 Å². The van der Waals surface area contributed by atoms with E-state index in [2.05, 4.69) is 167 Å². The smallest absolute Gasteiger partial charge is 0.0995 e. The number of benzene rings is 7. The Morgan fingerprint density at radius 1 is 0.538 bits per heavy atom. The minimum Gasteiger partial charge on any atom is -0.308 e. The quantitative estimate of drug-likeness (QED) is 0.162. The van der Waals surface area contributed by atoms with E-state index in [0.717, 1.165) is 35.3 Å². The van der Waals surface area contributed by atoms with Crippen LogP contribution in [-0.4, -0.2) is 8.80 Å². The third kappa shape index (κ3) is 4.34. The molecule has 4 aliphatic carbocycles. The van der Waals surface area contributed by atoms with Crippen molar-refractivity contribution in [2.45, 2.75) is 110 Å². The van der Waals surface area contributed by atoms with Gasteiger partial charge in [-0.2, -0.15) is 5.26 Å². The van der Waals surface area contributed by atoms with Gasteiger partial charge in [0.05, 0.1) is 44.7 Å².